The number of amides is 3. The van der Waals surface area contributed by atoms with Gasteiger partial charge in [-0.1, -0.05) is 24.3 Å². The number of nitrogens with zero attached hydrogens (tertiary/aromatic N) is 1. The van der Waals surface area contributed by atoms with E-state index >= 15 is 0 Å². The molecule has 0 radical (unpaired) electrons. The number of hydrogen-bond acceptors (Lipinski definition) is 5. The van der Waals surface area contributed by atoms with E-state index in [1.165, 1.54) is 4.90 Å². The minimum atomic E-state index is -0.277. The second-order valence-corrected chi connectivity index (χ2v) is 9.49. The fourth-order valence-corrected chi connectivity index (χ4v) is 5.32. The SMILES string of the molecule is O=C1CN(C(=O)c2ccc(NC(=O)c3ccccc3SCC3CCCO3)cc2)c2ccccc2N1. The van der Waals surface area contributed by atoms with E-state index in [-0.39, 0.29) is 30.4 Å². The number of fused-ring (bicyclic) bond motifs is 1. The second kappa shape index (κ2) is 10.3. The van der Waals surface area contributed by atoms with Gasteiger partial charge in [-0.2, -0.15) is 0 Å². The van der Waals surface area contributed by atoms with Crippen molar-refractivity contribution in [3.8, 4) is 0 Å². The van der Waals surface area contributed by atoms with Crippen LogP contribution in [0.4, 0.5) is 17.1 Å². The maximum Gasteiger partial charge on any atom is 0.258 e. The van der Waals surface area contributed by atoms with Gasteiger partial charge in [0.05, 0.1) is 23.0 Å². The molecular formula is C27H25N3O4S. The predicted molar refractivity (Wildman–Crippen MR) is 137 cm³/mol. The lowest BCUT2D eigenvalue weighted by Crippen LogP contribution is -2.42. The first kappa shape index (κ1) is 23.1. The standard InChI is InChI=1S/C27H25N3O4S/c31-25-16-30(23-9-3-2-8-22(23)29-25)27(33)18-11-13-19(14-12-18)28-26(32)21-7-1-4-10-24(21)35-17-20-6-5-15-34-20/h1-4,7-14,20H,5-6,15-17H2,(H,28,32)(H,29,31). The maximum absolute atomic E-state index is 13.1. The quantitative estimate of drug-likeness (QED) is 0.488. The molecule has 1 saturated heterocycles. The van der Waals surface area contributed by atoms with Gasteiger partial charge < -0.3 is 15.4 Å². The monoisotopic (exact) mass is 487 g/mol. The number of anilines is 3. The van der Waals surface area contributed by atoms with Crippen LogP contribution in [0.3, 0.4) is 0 Å². The van der Waals surface area contributed by atoms with Crippen LogP contribution in [0.2, 0.25) is 0 Å². The van der Waals surface area contributed by atoms with Gasteiger partial charge in [0.2, 0.25) is 5.91 Å². The first-order chi connectivity index (χ1) is 17.1. The number of thioether (sulfide) groups is 1. The number of carbonyl (C=O) groups excluding carboxylic acids is 3. The summed E-state index contributed by atoms with van der Waals surface area (Å²) in [6.45, 7) is 0.762. The lowest BCUT2D eigenvalue weighted by Gasteiger charge is -2.29. The fraction of sp³-hybridized carbons (Fsp3) is 0.222. The van der Waals surface area contributed by atoms with Gasteiger partial charge >= 0.3 is 0 Å². The van der Waals surface area contributed by atoms with Gasteiger partial charge in [-0.15, -0.1) is 11.8 Å². The molecule has 2 aliphatic rings. The second-order valence-electron chi connectivity index (χ2n) is 8.43. The van der Waals surface area contributed by atoms with E-state index in [0.717, 1.165) is 30.1 Å². The summed E-state index contributed by atoms with van der Waals surface area (Å²) in [7, 11) is 0. The minimum Gasteiger partial charge on any atom is -0.377 e. The highest BCUT2D eigenvalue weighted by Crippen LogP contribution is 2.31. The summed E-state index contributed by atoms with van der Waals surface area (Å²) in [6.07, 6.45) is 2.38. The zero-order valence-corrected chi connectivity index (χ0v) is 19.8. The van der Waals surface area contributed by atoms with Crippen molar-refractivity contribution in [1.82, 2.24) is 0 Å². The Morgan fingerprint density at radius 1 is 1.03 bits per heavy atom. The zero-order chi connectivity index (χ0) is 24.2. The lowest BCUT2D eigenvalue weighted by molar-refractivity contribution is -0.115. The van der Waals surface area contributed by atoms with Crippen molar-refractivity contribution in [3.63, 3.8) is 0 Å². The first-order valence-electron chi connectivity index (χ1n) is 11.5. The van der Waals surface area contributed by atoms with E-state index in [9.17, 15) is 14.4 Å². The van der Waals surface area contributed by atoms with Crippen LogP contribution in [0.25, 0.3) is 0 Å². The molecule has 0 spiro atoms. The van der Waals surface area contributed by atoms with Crippen molar-refractivity contribution in [1.29, 1.82) is 0 Å². The van der Waals surface area contributed by atoms with Gasteiger partial charge in [0.15, 0.2) is 0 Å². The highest BCUT2D eigenvalue weighted by molar-refractivity contribution is 7.99. The Balaban J connectivity index is 1.27. The van der Waals surface area contributed by atoms with Crippen LogP contribution in [0.1, 0.15) is 33.6 Å². The van der Waals surface area contributed by atoms with E-state index in [1.807, 2.05) is 36.4 Å². The van der Waals surface area contributed by atoms with Crippen LogP contribution in [0.15, 0.2) is 77.7 Å². The van der Waals surface area contributed by atoms with Gasteiger partial charge in [0, 0.05) is 28.5 Å². The van der Waals surface area contributed by atoms with Gasteiger partial charge in [-0.3, -0.25) is 19.3 Å². The topological polar surface area (TPSA) is 87.7 Å². The van der Waals surface area contributed by atoms with Crippen molar-refractivity contribution in [2.45, 2.75) is 23.8 Å². The van der Waals surface area contributed by atoms with E-state index < -0.39 is 0 Å². The summed E-state index contributed by atoms with van der Waals surface area (Å²) < 4.78 is 5.70. The largest absolute Gasteiger partial charge is 0.377 e. The average Bonchev–Trinajstić information content (AvgIpc) is 3.41. The van der Waals surface area contributed by atoms with E-state index in [1.54, 1.807) is 48.2 Å². The van der Waals surface area contributed by atoms with Crippen LogP contribution in [-0.4, -0.2) is 42.7 Å². The number of nitrogens with one attached hydrogen (secondary N) is 2. The number of ether oxygens (including phenoxy) is 1. The van der Waals surface area contributed by atoms with Crippen molar-refractivity contribution in [2.24, 2.45) is 0 Å². The molecule has 0 bridgehead atoms. The molecule has 7 nitrogen and oxygen atoms in total. The molecule has 2 N–H and O–H groups in total. The molecule has 3 aromatic carbocycles. The molecule has 0 aliphatic carbocycles. The number of para-hydroxylation sites is 2. The summed E-state index contributed by atoms with van der Waals surface area (Å²) in [5.41, 5.74) is 2.89. The van der Waals surface area contributed by atoms with Crippen LogP contribution in [0.5, 0.6) is 0 Å². The predicted octanol–water partition coefficient (Wildman–Crippen LogP) is 4.81. The molecule has 178 valence electrons. The Bertz CT molecular complexity index is 1260. The number of hydrogen-bond donors (Lipinski definition) is 2. The molecule has 1 fully saturated rings. The van der Waals surface area contributed by atoms with Crippen LogP contribution in [-0.2, 0) is 9.53 Å². The Hall–Kier alpha value is -3.62. The molecule has 35 heavy (non-hydrogen) atoms. The van der Waals surface area contributed by atoms with Crippen molar-refractivity contribution < 1.29 is 19.1 Å². The van der Waals surface area contributed by atoms with Gasteiger partial charge in [-0.25, -0.2) is 0 Å². The fourth-order valence-electron chi connectivity index (χ4n) is 4.20. The number of carbonyl (C=O) groups is 3. The van der Waals surface area contributed by atoms with E-state index in [0.29, 0.717) is 28.2 Å². The van der Waals surface area contributed by atoms with Crippen molar-refractivity contribution in [2.75, 3.05) is 34.4 Å². The Labute approximate surface area is 207 Å². The summed E-state index contributed by atoms with van der Waals surface area (Å²) >= 11 is 1.63. The molecule has 2 heterocycles. The Morgan fingerprint density at radius 2 is 1.80 bits per heavy atom. The first-order valence-corrected chi connectivity index (χ1v) is 12.5. The summed E-state index contributed by atoms with van der Waals surface area (Å²) in [6, 6.07) is 21.4. The maximum atomic E-state index is 13.1. The Kier molecular flexibility index (Phi) is 6.83. The number of rotatable bonds is 6. The smallest absolute Gasteiger partial charge is 0.258 e. The highest BCUT2D eigenvalue weighted by Gasteiger charge is 2.27. The normalized spacial score (nSPS) is 17.0. The molecule has 0 aromatic heterocycles. The lowest BCUT2D eigenvalue weighted by atomic mass is 10.1. The number of benzene rings is 3. The molecule has 1 atom stereocenters. The third-order valence-electron chi connectivity index (χ3n) is 5.99. The van der Waals surface area contributed by atoms with Crippen molar-refractivity contribution >= 4 is 46.5 Å². The molecule has 3 aromatic rings. The summed E-state index contributed by atoms with van der Waals surface area (Å²) in [5, 5.41) is 5.71. The molecule has 3 amide bonds. The van der Waals surface area contributed by atoms with Gasteiger partial charge in [0.1, 0.15) is 6.54 Å². The molecule has 5 rings (SSSR count). The van der Waals surface area contributed by atoms with E-state index in [4.69, 9.17) is 4.74 Å². The average molecular weight is 488 g/mol. The molecule has 1 unspecified atom stereocenters. The minimum absolute atomic E-state index is 0.0469. The molecule has 8 heteroatoms. The van der Waals surface area contributed by atoms with E-state index in [2.05, 4.69) is 10.6 Å². The molecule has 0 saturated carbocycles. The Morgan fingerprint density at radius 3 is 2.60 bits per heavy atom. The highest BCUT2D eigenvalue weighted by atomic mass is 32.2. The van der Waals surface area contributed by atoms with Crippen molar-refractivity contribution in [3.05, 3.63) is 83.9 Å². The summed E-state index contributed by atoms with van der Waals surface area (Å²) in [5.74, 6) is 0.0952. The third-order valence-corrected chi connectivity index (χ3v) is 7.19. The van der Waals surface area contributed by atoms with Crippen LogP contribution >= 0.6 is 11.8 Å². The summed E-state index contributed by atoms with van der Waals surface area (Å²) in [4.78, 5) is 40.6. The van der Waals surface area contributed by atoms with Crippen LogP contribution < -0.4 is 15.5 Å². The van der Waals surface area contributed by atoms with Gasteiger partial charge in [-0.05, 0) is 61.4 Å². The van der Waals surface area contributed by atoms with Gasteiger partial charge in [0.25, 0.3) is 11.8 Å². The third kappa shape index (κ3) is 5.23. The molecular weight excluding hydrogens is 462 g/mol. The molecule has 2 aliphatic heterocycles. The van der Waals surface area contributed by atoms with Crippen LogP contribution in [0, 0.1) is 0 Å². The zero-order valence-electron chi connectivity index (χ0n) is 19.0.